The average molecular weight is 276 g/mol. The lowest BCUT2D eigenvalue weighted by Crippen LogP contribution is -1.94. The number of alkyl halides is 1. The van der Waals surface area contributed by atoms with E-state index in [9.17, 15) is 0 Å². The summed E-state index contributed by atoms with van der Waals surface area (Å²) in [5.74, 6) is 0.747. The first-order valence-electron chi connectivity index (χ1n) is 3.73. The monoisotopic (exact) mass is 276 g/mol. The SMILES string of the molecule is COc1nccc2c1C(I)CN2. The molecule has 3 nitrogen and oxygen atoms in total. The molecule has 1 unspecified atom stereocenters. The van der Waals surface area contributed by atoms with Crippen molar-refractivity contribution >= 4 is 28.3 Å². The second-order valence-corrected chi connectivity index (χ2v) is 4.13. The summed E-state index contributed by atoms with van der Waals surface area (Å²) in [7, 11) is 1.66. The van der Waals surface area contributed by atoms with E-state index < -0.39 is 0 Å². The zero-order chi connectivity index (χ0) is 8.55. The van der Waals surface area contributed by atoms with E-state index in [1.165, 1.54) is 5.56 Å². The zero-order valence-electron chi connectivity index (χ0n) is 6.67. The van der Waals surface area contributed by atoms with Gasteiger partial charge in [-0.15, -0.1) is 0 Å². The predicted octanol–water partition coefficient (Wildman–Crippen LogP) is 1.99. The number of hydrogen-bond acceptors (Lipinski definition) is 3. The van der Waals surface area contributed by atoms with Crippen LogP contribution in [0.4, 0.5) is 5.69 Å². The zero-order valence-corrected chi connectivity index (χ0v) is 8.83. The van der Waals surface area contributed by atoms with Gasteiger partial charge in [0, 0.05) is 18.4 Å². The molecule has 2 heterocycles. The molecule has 0 saturated heterocycles. The maximum atomic E-state index is 5.17. The number of halogens is 1. The van der Waals surface area contributed by atoms with E-state index in [1.54, 1.807) is 13.3 Å². The van der Waals surface area contributed by atoms with Crippen LogP contribution in [0.2, 0.25) is 0 Å². The van der Waals surface area contributed by atoms with Crippen molar-refractivity contribution in [2.24, 2.45) is 0 Å². The van der Waals surface area contributed by atoms with E-state index in [0.29, 0.717) is 3.92 Å². The van der Waals surface area contributed by atoms with E-state index in [1.807, 2.05) is 6.07 Å². The Bertz CT molecular complexity index is 303. The van der Waals surface area contributed by atoms with Gasteiger partial charge in [-0.2, -0.15) is 0 Å². The third kappa shape index (κ3) is 1.14. The number of methoxy groups -OCH3 is 1. The fraction of sp³-hybridized carbons (Fsp3) is 0.375. The Labute approximate surface area is 84.7 Å². The molecule has 1 atom stereocenters. The predicted molar refractivity (Wildman–Crippen MR) is 56.0 cm³/mol. The molecule has 64 valence electrons. The van der Waals surface area contributed by atoms with Crippen molar-refractivity contribution in [3.05, 3.63) is 17.8 Å². The second-order valence-electron chi connectivity index (χ2n) is 2.63. The second kappa shape index (κ2) is 3.08. The number of pyridine rings is 1. The number of ether oxygens (including phenoxy) is 1. The molecule has 0 spiro atoms. The van der Waals surface area contributed by atoms with Gasteiger partial charge in [0.15, 0.2) is 0 Å². The van der Waals surface area contributed by atoms with Crippen LogP contribution in [0.5, 0.6) is 5.88 Å². The molecule has 12 heavy (non-hydrogen) atoms. The van der Waals surface area contributed by atoms with Gasteiger partial charge in [0.1, 0.15) is 0 Å². The quantitative estimate of drug-likeness (QED) is 0.629. The molecule has 1 aromatic heterocycles. The summed E-state index contributed by atoms with van der Waals surface area (Å²) in [6.45, 7) is 0.970. The number of nitrogens with one attached hydrogen (secondary N) is 1. The van der Waals surface area contributed by atoms with Gasteiger partial charge < -0.3 is 10.1 Å². The normalized spacial score (nSPS) is 20.0. The Morgan fingerprint density at radius 2 is 2.58 bits per heavy atom. The number of aromatic nitrogens is 1. The van der Waals surface area contributed by atoms with Crippen LogP contribution in [0, 0.1) is 0 Å². The summed E-state index contributed by atoms with van der Waals surface area (Å²) in [5.41, 5.74) is 2.35. The third-order valence-corrected chi connectivity index (χ3v) is 3.00. The summed E-state index contributed by atoms with van der Waals surface area (Å²) >= 11 is 2.39. The van der Waals surface area contributed by atoms with Crippen molar-refractivity contribution < 1.29 is 4.74 Å². The van der Waals surface area contributed by atoms with Crippen LogP contribution in [-0.2, 0) is 0 Å². The lowest BCUT2D eigenvalue weighted by molar-refractivity contribution is 0.394. The van der Waals surface area contributed by atoms with Crippen molar-refractivity contribution in [2.75, 3.05) is 19.0 Å². The van der Waals surface area contributed by atoms with Crippen LogP contribution in [-0.4, -0.2) is 18.6 Å². The van der Waals surface area contributed by atoms with E-state index in [-0.39, 0.29) is 0 Å². The molecule has 2 rings (SSSR count). The first-order valence-corrected chi connectivity index (χ1v) is 4.98. The molecule has 0 bridgehead atoms. The molecule has 0 aliphatic carbocycles. The molecule has 0 radical (unpaired) electrons. The summed E-state index contributed by atoms with van der Waals surface area (Å²) in [6, 6.07) is 1.98. The standard InChI is InChI=1S/C8H9IN2O/c1-12-8-7-5(9)4-11-6(7)2-3-10-8/h2-3,5,11H,4H2,1H3. The van der Waals surface area contributed by atoms with Gasteiger partial charge in [-0.1, -0.05) is 22.6 Å². The molecule has 1 aromatic rings. The molecule has 1 aliphatic heterocycles. The maximum Gasteiger partial charge on any atom is 0.219 e. The van der Waals surface area contributed by atoms with E-state index in [4.69, 9.17) is 4.74 Å². The Morgan fingerprint density at radius 1 is 1.75 bits per heavy atom. The summed E-state index contributed by atoms with van der Waals surface area (Å²) < 4.78 is 5.64. The van der Waals surface area contributed by atoms with Crippen LogP contribution in [0.1, 0.15) is 9.49 Å². The Balaban J connectivity index is 2.53. The van der Waals surface area contributed by atoms with E-state index in [0.717, 1.165) is 18.1 Å². The highest BCUT2D eigenvalue weighted by atomic mass is 127. The smallest absolute Gasteiger partial charge is 0.219 e. The lowest BCUT2D eigenvalue weighted by Gasteiger charge is -2.06. The number of rotatable bonds is 1. The third-order valence-electron chi connectivity index (χ3n) is 1.93. The van der Waals surface area contributed by atoms with Gasteiger partial charge >= 0.3 is 0 Å². The van der Waals surface area contributed by atoms with Crippen molar-refractivity contribution in [1.29, 1.82) is 0 Å². The highest BCUT2D eigenvalue weighted by Gasteiger charge is 2.23. The first-order chi connectivity index (χ1) is 5.83. The first kappa shape index (κ1) is 8.10. The molecular formula is C8H9IN2O. The summed E-state index contributed by atoms with van der Waals surface area (Å²) in [6.07, 6.45) is 1.76. The Hall–Kier alpha value is -0.520. The highest BCUT2D eigenvalue weighted by Crippen LogP contribution is 2.40. The van der Waals surface area contributed by atoms with Gasteiger partial charge in [0.05, 0.1) is 16.6 Å². The van der Waals surface area contributed by atoms with Crippen molar-refractivity contribution in [2.45, 2.75) is 3.92 Å². The van der Waals surface area contributed by atoms with Crippen LogP contribution in [0.3, 0.4) is 0 Å². The van der Waals surface area contributed by atoms with Crippen LogP contribution in [0.25, 0.3) is 0 Å². The molecule has 4 heteroatoms. The molecular weight excluding hydrogens is 267 g/mol. The van der Waals surface area contributed by atoms with Gasteiger partial charge in [0.25, 0.3) is 0 Å². The minimum absolute atomic E-state index is 0.473. The van der Waals surface area contributed by atoms with Crippen molar-refractivity contribution in [3.63, 3.8) is 0 Å². The molecule has 0 aromatic carbocycles. The van der Waals surface area contributed by atoms with Gasteiger partial charge in [-0.25, -0.2) is 4.98 Å². The topological polar surface area (TPSA) is 34.1 Å². The van der Waals surface area contributed by atoms with Crippen LogP contribution < -0.4 is 10.1 Å². The van der Waals surface area contributed by atoms with Gasteiger partial charge in [-0.3, -0.25) is 0 Å². The largest absolute Gasteiger partial charge is 0.481 e. The Kier molecular flexibility index (Phi) is 2.08. The minimum Gasteiger partial charge on any atom is -0.481 e. The lowest BCUT2D eigenvalue weighted by atomic mass is 10.2. The Morgan fingerprint density at radius 3 is 3.33 bits per heavy atom. The van der Waals surface area contributed by atoms with Gasteiger partial charge in [-0.05, 0) is 6.07 Å². The van der Waals surface area contributed by atoms with E-state index in [2.05, 4.69) is 32.9 Å². The van der Waals surface area contributed by atoms with Gasteiger partial charge in [0.2, 0.25) is 5.88 Å². The number of fused-ring (bicyclic) bond motifs is 1. The summed E-state index contributed by atoms with van der Waals surface area (Å²) in [5, 5.41) is 3.30. The average Bonchev–Trinajstić information content (AvgIpc) is 2.48. The highest BCUT2D eigenvalue weighted by molar-refractivity contribution is 14.1. The molecule has 1 aliphatic rings. The van der Waals surface area contributed by atoms with Crippen molar-refractivity contribution in [1.82, 2.24) is 4.98 Å². The van der Waals surface area contributed by atoms with Crippen LogP contribution in [0.15, 0.2) is 12.3 Å². The van der Waals surface area contributed by atoms with Crippen LogP contribution >= 0.6 is 22.6 Å². The molecule has 0 fully saturated rings. The fourth-order valence-corrected chi connectivity index (χ4v) is 2.20. The summed E-state index contributed by atoms with van der Waals surface area (Å²) in [4.78, 5) is 4.15. The fourth-order valence-electron chi connectivity index (χ4n) is 1.38. The molecule has 1 N–H and O–H groups in total. The maximum absolute atomic E-state index is 5.17. The number of anilines is 1. The minimum atomic E-state index is 0.473. The number of hydrogen-bond donors (Lipinski definition) is 1. The number of nitrogens with zero attached hydrogens (tertiary/aromatic N) is 1. The molecule has 0 saturated carbocycles. The van der Waals surface area contributed by atoms with Crippen molar-refractivity contribution in [3.8, 4) is 5.88 Å². The van der Waals surface area contributed by atoms with E-state index >= 15 is 0 Å². The molecule has 0 amide bonds.